The van der Waals surface area contributed by atoms with Crippen molar-refractivity contribution in [2.45, 2.75) is 13.3 Å². The summed E-state index contributed by atoms with van der Waals surface area (Å²) in [5.74, 6) is -0.581. The minimum absolute atomic E-state index is 0.0112. The van der Waals surface area contributed by atoms with Crippen molar-refractivity contribution in [1.82, 2.24) is 9.78 Å². The Labute approximate surface area is 102 Å². The molecule has 2 aromatic rings. The van der Waals surface area contributed by atoms with Crippen LogP contribution in [-0.4, -0.2) is 9.78 Å². The number of anilines is 1. The zero-order valence-electron chi connectivity index (χ0n) is 9.13. The largest absolute Gasteiger partial charge is 0.393 e. The minimum Gasteiger partial charge on any atom is -0.393 e. The van der Waals surface area contributed by atoms with E-state index in [2.05, 4.69) is 5.10 Å². The molecule has 0 amide bonds. The summed E-state index contributed by atoms with van der Waals surface area (Å²) in [5, 5.41) is 2.84. The molecule has 0 aliphatic heterocycles. The molecule has 0 bridgehead atoms. The molecule has 1 aromatic heterocycles. The minimum atomic E-state index is -0.581. The Morgan fingerprint density at radius 2 is 2.24 bits per heavy atom. The summed E-state index contributed by atoms with van der Waals surface area (Å²) in [6, 6.07) is 4.11. The Bertz CT molecular complexity index is 618. The number of nitrogen functional groups attached to an aromatic ring is 1. The third kappa shape index (κ3) is 1.93. The van der Waals surface area contributed by atoms with Crippen molar-refractivity contribution in [2.24, 2.45) is 0 Å². The molecule has 0 atom stereocenters. The van der Waals surface area contributed by atoms with Gasteiger partial charge in [-0.3, -0.25) is 9.89 Å². The molecule has 0 spiro atoms. The van der Waals surface area contributed by atoms with Crippen LogP contribution >= 0.6 is 11.6 Å². The maximum atomic E-state index is 13.3. The van der Waals surface area contributed by atoms with Gasteiger partial charge in [0.15, 0.2) is 0 Å². The molecule has 2 rings (SSSR count). The van der Waals surface area contributed by atoms with Gasteiger partial charge in [0.2, 0.25) is 0 Å². The fourth-order valence-electron chi connectivity index (χ4n) is 1.57. The highest BCUT2D eigenvalue weighted by molar-refractivity contribution is 6.30. The number of hydrogen-bond donors (Lipinski definition) is 2. The van der Waals surface area contributed by atoms with Gasteiger partial charge < -0.3 is 5.73 Å². The molecule has 1 aromatic carbocycles. The van der Waals surface area contributed by atoms with E-state index in [1.807, 2.05) is 6.92 Å². The van der Waals surface area contributed by atoms with E-state index in [9.17, 15) is 9.18 Å². The van der Waals surface area contributed by atoms with E-state index >= 15 is 0 Å². The standard InChI is InChI=1S/C11H11ClFN3O/c1-2-9-10(14)11(17)16(15-9)6-3-4-7(12)8(13)5-6/h3-5,15H,2,14H2,1H3. The normalized spacial score (nSPS) is 10.8. The summed E-state index contributed by atoms with van der Waals surface area (Å²) in [6.07, 6.45) is 0.601. The second-order valence-corrected chi connectivity index (χ2v) is 4.00. The molecule has 0 saturated carbocycles. The van der Waals surface area contributed by atoms with Crippen LogP contribution in [0.1, 0.15) is 12.6 Å². The number of H-pyrrole nitrogens is 1. The van der Waals surface area contributed by atoms with E-state index < -0.39 is 5.82 Å². The predicted molar refractivity (Wildman–Crippen MR) is 65.1 cm³/mol. The van der Waals surface area contributed by atoms with Crippen molar-refractivity contribution in [1.29, 1.82) is 0 Å². The Morgan fingerprint density at radius 1 is 1.53 bits per heavy atom. The Morgan fingerprint density at radius 3 is 2.76 bits per heavy atom. The fourth-order valence-corrected chi connectivity index (χ4v) is 1.69. The molecule has 0 fully saturated rings. The molecular weight excluding hydrogens is 245 g/mol. The SMILES string of the molecule is CCc1[nH]n(-c2ccc(Cl)c(F)c2)c(=O)c1N. The lowest BCUT2D eigenvalue weighted by atomic mass is 10.3. The summed E-state index contributed by atoms with van der Waals surface area (Å²) < 4.78 is 14.5. The third-order valence-electron chi connectivity index (χ3n) is 2.52. The van der Waals surface area contributed by atoms with Gasteiger partial charge in [-0.2, -0.15) is 0 Å². The third-order valence-corrected chi connectivity index (χ3v) is 2.83. The molecule has 17 heavy (non-hydrogen) atoms. The average molecular weight is 256 g/mol. The topological polar surface area (TPSA) is 63.8 Å². The van der Waals surface area contributed by atoms with Crippen molar-refractivity contribution in [3.8, 4) is 5.69 Å². The first-order valence-electron chi connectivity index (χ1n) is 5.09. The fraction of sp³-hybridized carbons (Fsp3) is 0.182. The molecule has 1 heterocycles. The van der Waals surface area contributed by atoms with E-state index in [1.165, 1.54) is 16.8 Å². The number of benzene rings is 1. The van der Waals surface area contributed by atoms with Gasteiger partial charge in [-0.25, -0.2) is 9.07 Å². The summed E-state index contributed by atoms with van der Waals surface area (Å²) in [5.41, 5.74) is 6.40. The second kappa shape index (κ2) is 4.25. The number of aromatic amines is 1. The number of aryl methyl sites for hydroxylation is 1. The van der Waals surface area contributed by atoms with Crippen LogP contribution in [0.3, 0.4) is 0 Å². The lowest BCUT2D eigenvalue weighted by Gasteiger charge is -2.02. The van der Waals surface area contributed by atoms with Crippen molar-refractivity contribution in [2.75, 3.05) is 5.73 Å². The molecule has 0 unspecified atom stereocenters. The highest BCUT2D eigenvalue weighted by atomic mass is 35.5. The summed E-state index contributed by atoms with van der Waals surface area (Å²) in [7, 11) is 0. The molecule has 3 N–H and O–H groups in total. The molecule has 4 nitrogen and oxygen atoms in total. The van der Waals surface area contributed by atoms with Gasteiger partial charge in [0.1, 0.15) is 11.5 Å². The number of rotatable bonds is 2. The lowest BCUT2D eigenvalue weighted by Crippen LogP contribution is -2.16. The van der Waals surface area contributed by atoms with Gasteiger partial charge in [-0.05, 0) is 18.6 Å². The van der Waals surface area contributed by atoms with Crippen molar-refractivity contribution >= 4 is 17.3 Å². The average Bonchev–Trinajstić information content (AvgIpc) is 2.60. The van der Waals surface area contributed by atoms with E-state index in [1.54, 1.807) is 6.07 Å². The van der Waals surface area contributed by atoms with Crippen LogP contribution in [0.25, 0.3) is 5.69 Å². The molecule has 0 aliphatic rings. The van der Waals surface area contributed by atoms with Gasteiger partial charge in [0.25, 0.3) is 5.56 Å². The monoisotopic (exact) mass is 255 g/mol. The second-order valence-electron chi connectivity index (χ2n) is 3.60. The highest BCUT2D eigenvalue weighted by Crippen LogP contribution is 2.18. The highest BCUT2D eigenvalue weighted by Gasteiger charge is 2.11. The molecular formula is C11H11ClFN3O. The van der Waals surface area contributed by atoms with Crippen molar-refractivity contribution < 1.29 is 4.39 Å². The number of aromatic nitrogens is 2. The van der Waals surface area contributed by atoms with Crippen LogP contribution in [0.2, 0.25) is 5.02 Å². The van der Waals surface area contributed by atoms with E-state index in [0.29, 0.717) is 17.8 Å². The zero-order valence-corrected chi connectivity index (χ0v) is 9.88. The maximum absolute atomic E-state index is 13.3. The van der Waals surface area contributed by atoms with Crippen LogP contribution in [0.5, 0.6) is 0 Å². The summed E-state index contributed by atoms with van der Waals surface area (Å²) in [4.78, 5) is 11.8. The lowest BCUT2D eigenvalue weighted by molar-refractivity contribution is 0.625. The Kier molecular flexibility index (Phi) is 2.93. The smallest absolute Gasteiger partial charge is 0.294 e. The van der Waals surface area contributed by atoms with Gasteiger partial charge in [-0.1, -0.05) is 18.5 Å². The van der Waals surface area contributed by atoms with E-state index in [-0.39, 0.29) is 16.3 Å². The van der Waals surface area contributed by atoms with E-state index in [0.717, 1.165) is 0 Å². The Balaban J connectivity index is 2.61. The van der Waals surface area contributed by atoms with Gasteiger partial charge in [-0.15, -0.1) is 0 Å². The number of hydrogen-bond acceptors (Lipinski definition) is 2. The maximum Gasteiger partial charge on any atom is 0.294 e. The van der Waals surface area contributed by atoms with Crippen LogP contribution in [-0.2, 0) is 6.42 Å². The van der Waals surface area contributed by atoms with Crippen molar-refractivity contribution in [3.05, 3.63) is 45.1 Å². The molecule has 0 aliphatic carbocycles. The molecule has 0 radical (unpaired) electrons. The first kappa shape index (κ1) is 11.7. The first-order chi connectivity index (χ1) is 8.04. The zero-order chi connectivity index (χ0) is 12.6. The quantitative estimate of drug-likeness (QED) is 0.863. The number of nitrogens with zero attached hydrogens (tertiary/aromatic N) is 1. The van der Waals surface area contributed by atoms with Gasteiger partial charge in [0.05, 0.1) is 16.4 Å². The summed E-state index contributed by atoms with van der Waals surface area (Å²) in [6.45, 7) is 1.87. The van der Waals surface area contributed by atoms with Crippen LogP contribution < -0.4 is 11.3 Å². The molecule has 0 saturated heterocycles. The summed E-state index contributed by atoms with van der Waals surface area (Å²) >= 11 is 5.57. The first-order valence-corrected chi connectivity index (χ1v) is 5.47. The van der Waals surface area contributed by atoms with Gasteiger partial charge >= 0.3 is 0 Å². The number of halogens is 2. The van der Waals surface area contributed by atoms with Crippen LogP contribution in [0.4, 0.5) is 10.1 Å². The van der Waals surface area contributed by atoms with E-state index in [4.69, 9.17) is 17.3 Å². The number of nitrogens with one attached hydrogen (secondary N) is 1. The number of nitrogens with two attached hydrogens (primary N) is 1. The van der Waals surface area contributed by atoms with Gasteiger partial charge in [0, 0.05) is 6.07 Å². The Hall–Kier alpha value is -1.75. The predicted octanol–water partition coefficient (Wildman–Crippen LogP) is 2.10. The van der Waals surface area contributed by atoms with Crippen molar-refractivity contribution in [3.63, 3.8) is 0 Å². The molecule has 90 valence electrons. The molecule has 6 heteroatoms. The van der Waals surface area contributed by atoms with Crippen LogP contribution in [0, 0.1) is 5.82 Å². The van der Waals surface area contributed by atoms with Crippen LogP contribution in [0.15, 0.2) is 23.0 Å².